The summed E-state index contributed by atoms with van der Waals surface area (Å²) in [6.07, 6.45) is 0. The van der Waals surface area contributed by atoms with Gasteiger partial charge >= 0.3 is 5.82 Å². The average Bonchev–Trinajstić information content (AvgIpc) is 2.97. The lowest BCUT2D eigenvalue weighted by Gasteiger charge is -2.03. The number of aromatic nitrogens is 4. The molecule has 0 saturated carbocycles. The SMILES string of the molecule is Cc1cc2c3ccccc3n(C)c2cc1-c1nc(C)n(C)[n+]1C. The molecular formula is C19H21N4+. The molecule has 0 radical (unpaired) electrons. The lowest BCUT2D eigenvalue weighted by molar-refractivity contribution is -0.742. The highest BCUT2D eigenvalue weighted by Gasteiger charge is 2.23. The maximum absolute atomic E-state index is 4.75. The monoisotopic (exact) mass is 305 g/mol. The van der Waals surface area contributed by atoms with Crippen molar-refractivity contribution >= 4 is 21.8 Å². The average molecular weight is 305 g/mol. The van der Waals surface area contributed by atoms with E-state index in [2.05, 4.69) is 71.3 Å². The smallest absolute Gasteiger partial charge is 0.344 e. The first-order valence-corrected chi connectivity index (χ1v) is 7.87. The Morgan fingerprint density at radius 3 is 2.39 bits per heavy atom. The van der Waals surface area contributed by atoms with Crippen LogP contribution in [-0.4, -0.2) is 14.2 Å². The maximum Gasteiger partial charge on any atom is 0.351 e. The van der Waals surface area contributed by atoms with E-state index in [0.29, 0.717) is 0 Å². The topological polar surface area (TPSA) is 26.6 Å². The highest BCUT2D eigenvalue weighted by Crippen LogP contribution is 2.32. The first kappa shape index (κ1) is 14.0. The van der Waals surface area contributed by atoms with E-state index in [-0.39, 0.29) is 0 Å². The van der Waals surface area contributed by atoms with Gasteiger partial charge in [-0.1, -0.05) is 18.2 Å². The highest BCUT2D eigenvalue weighted by molar-refractivity contribution is 6.09. The summed E-state index contributed by atoms with van der Waals surface area (Å²) >= 11 is 0. The number of benzene rings is 2. The summed E-state index contributed by atoms with van der Waals surface area (Å²) in [7, 11) is 6.23. The van der Waals surface area contributed by atoms with Crippen LogP contribution in [-0.2, 0) is 21.1 Å². The molecule has 23 heavy (non-hydrogen) atoms. The molecule has 0 atom stereocenters. The van der Waals surface area contributed by atoms with Gasteiger partial charge < -0.3 is 4.57 Å². The first-order valence-electron chi connectivity index (χ1n) is 7.87. The molecule has 0 N–H and O–H groups in total. The van der Waals surface area contributed by atoms with Crippen LogP contribution in [0.4, 0.5) is 0 Å². The normalized spacial score (nSPS) is 11.7. The van der Waals surface area contributed by atoms with Crippen molar-refractivity contribution in [3.05, 3.63) is 47.8 Å². The first-order chi connectivity index (χ1) is 11.0. The fourth-order valence-corrected chi connectivity index (χ4v) is 3.45. The number of hydrogen-bond acceptors (Lipinski definition) is 1. The molecule has 4 heteroatoms. The van der Waals surface area contributed by atoms with Gasteiger partial charge in [0.25, 0.3) is 5.82 Å². The zero-order valence-corrected chi connectivity index (χ0v) is 14.3. The molecule has 2 aromatic carbocycles. The Labute approximate surface area is 135 Å². The Morgan fingerprint density at radius 1 is 0.957 bits per heavy atom. The summed E-state index contributed by atoms with van der Waals surface area (Å²) in [5.41, 5.74) is 4.95. The molecule has 2 aromatic heterocycles. The van der Waals surface area contributed by atoms with E-state index in [4.69, 9.17) is 4.98 Å². The quantitative estimate of drug-likeness (QED) is 0.496. The minimum absolute atomic E-state index is 1.01. The summed E-state index contributed by atoms with van der Waals surface area (Å²) in [5, 5.41) is 2.61. The molecule has 0 saturated heterocycles. The van der Waals surface area contributed by atoms with Crippen molar-refractivity contribution in [2.45, 2.75) is 13.8 Å². The largest absolute Gasteiger partial charge is 0.351 e. The second kappa shape index (κ2) is 4.69. The van der Waals surface area contributed by atoms with E-state index in [1.807, 2.05) is 14.0 Å². The van der Waals surface area contributed by atoms with E-state index >= 15 is 0 Å². The number of fused-ring (bicyclic) bond motifs is 3. The number of hydrogen-bond donors (Lipinski definition) is 0. The van der Waals surface area contributed by atoms with Crippen LogP contribution in [0.25, 0.3) is 33.2 Å². The minimum Gasteiger partial charge on any atom is -0.344 e. The molecule has 0 fully saturated rings. The van der Waals surface area contributed by atoms with Gasteiger partial charge in [0.05, 0.1) is 12.6 Å². The van der Waals surface area contributed by atoms with Gasteiger partial charge in [-0.15, -0.1) is 0 Å². The van der Waals surface area contributed by atoms with Crippen molar-refractivity contribution in [1.82, 2.24) is 14.2 Å². The van der Waals surface area contributed by atoms with Crippen LogP contribution >= 0.6 is 0 Å². The predicted octanol–water partition coefficient (Wildman–Crippen LogP) is 3.17. The third-order valence-electron chi connectivity index (χ3n) is 4.99. The third-order valence-corrected chi connectivity index (χ3v) is 4.99. The lowest BCUT2D eigenvalue weighted by Crippen LogP contribution is -2.39. The third kappa shape index (κ3) is 1.84. The summed E-state index contributed by atoms with van der Waals surface area (Å²) in [4.78, 5) is 4.75. The van der Waals surface area contributed by atoms with Gasteiger partial charge in [0.15, 0.2) is 0 Å². The van der Waals surface area contributed by atoms with E-state index in [0.717, 1.165) is 11.6 Å². The predicted molar refractivity (Wildman–Crippen MR) is 93.3 cm³/mol. The molecule has 0 aliphatic carbocycles. The number of rotatable bonds is 1. The summed E-state index contributed by atoms with van der Waals surface area (Å²) < 4.78 is 6.44. The standard InChI is InChI=1S/C19H21N4/c1-12-10-16-14-8-6-7-9-17(14)21(3)18(16)11-15(12)19-20-13(2)22(4)23(19)5/h6-11H,1-5H3/q+1. The van der Waals surface area contributed by atoms with Crippen LogP contribution in [0, 0.1) is 13.8 Å². The Morgan fingerprint density at radius 2 is 1.70 bits per heavy atom. The summed E-state index contributed by atoms with van der Waals surface area (Å²) in [6, 6.07) is 13.1. The molecule has 2 heterocycles. The van der Waals surface area contributed by atoms with E-state index in [1.165, 1.54) is 32.9 Å². The Balaban J connectivity index is 2.09. The van der Waals surface area contributed by atoms with Crippen molar-refractivity contribution < 1.29 is 4.68 Å². The van der Waals surface area contributed by atoms with Crippen molar-refractivity contribution in [3.63, 3.8) is 0 Å². The zero-order valence-electron chi connectivity index (χ0n) is 14.3. The zero-order chi connectivity index (χ0) is 16.3. The maximum atomic E-state index is 4.75. The summed E-state index contributed by atoms with van der Waals surface area (Å²) in [5.74, 6) is 2.02. The fourth-order valence-electron chi connectivity index (χ4n) is 3.45. The lowest BCUT2D eigenvalue weighted by atomic mass is 10.0. The van der Waals surface area contributed by atoms with Crippen LogP contribution in [0.15, 0.2) is 36.4 Å². The van der Waals surface area contributed by atoms with Crippen molar-refractivity contribution in [2.24, 2.45) is 21.1 Å². The van der Waals surface area contributed by atoms with Crippen molar-refractivity contribution in [3.8, 4) is 11.4 Å². The molecule has 0 bridgehead atoms. The molecule has 0 aliphatic rings. The van der Waals surface area contributed by atoms with E-state index < -0.39 is 0 Å². The van der Waals surface area contributed by atoms with Gasteiger partial charge in [-0.2, -0.15) is 9.36 Å². The van der Waals surface area contributed by atoms with Crippen LogP contribution in [0.3, 0.4) is 0 Å². The number of para-hydroxylation sites is 1. The molecule has 4 rings (SSSR count). The van der Waals surface area contributed by atoms with E-state index in [9.17, 15) is 0 Å². The summed E-state index contributed by atoms with van der Waals surface area (Å²) in [6.45, 7) is 4.20. The minimum atomic E-state index is 1.01. The second-order valence-electron chi connectivity index (χ2n) is 6.29. The Bertz CT molecular complexity index is 1070. The number of aryl methyl sites for hydroxylation is 3. The van der Waals surface area contributed by atoms with E-state index in [1.54, 1.807) is 0 Å². The molecule has 4 nitrogen and oxygen atoms in total. The molecule has 0 aliphatic heterocycles. The van der Waals surface area contributed by atoms with Gasteiger partial charge in [-0.3, -0.25) is 0 Å². The molecule has 4 aromatic rings. The second-order valence-corrected chi connectivity index (χ2v) is 6.29. The molecule has 0 amide bonds. The van der Waals surface area contributed by atoms with Gasteiger partial charge in [-0.05, 0) is 35.7 Å². The molecule has 116 valence electrons. The van der Waals surface area contributed by atoms with Crippen LogP contribution in [0.5, 0.6) is 0 Å². The highest BCUT2D eigenvalue weighted by atomic mass is 15.4. The Hall–Kier alpha value is -2.62. The van der Waals surface area contributed by atoms with Gasteiger partial charge in [0, 0.05) is 35.8 Å². The van der Waals surface area contributed by atoms with Crippen LogP contribution in [0.1, 0.15) is 11.4 Å². The molecular weight excluding hydrogens is 284 g/mol. The van der Waals surface area contributed by atoms with Gasteiger partial charge in [-0.25, -0.2) is 0 Å². The van der Waals surface area contributed by atoms with Crippen molar-refractivity contribution in [1.29, 1.82) is 0 Å². The van der Waals surface area contributed by atoms with Crippen LogP contribution < -0.4 is 4.68 Å². The van der Waals surface area contributed by atoms with Gasteiger partial charge in [0.2, 0.25) is 0 Å². The number of nitrogens with zero attached hydrogens (tertiary/aromatic N) is 4. The Kier molecular flexibility index (Phi) is 2.85. The molecule has 0 spiro atoms. The fraction of sp³-hybridized carbons (Fsp3) is 0.263. The molecule has 0 unspecified atom stereocenters. The van der Waals surface area contributed by atoms with Crippen LogP contribution in [0.2, 0.25) is 0 Å². The van der Waals surface area contributed by atoms with Gasteiger partial charge in [0.1, 0.15) is 7.05 Å². The van der Waals surface area contributed by atoms with Crippen molar-refractivity contribution in [2.75, 3.05) is 0 Å².